The largest absolute Gasteiger partial charge is 0.376 e. The minimum atomic E-state index is 0.0600. The molecule has 108 valence electrons. The fourth-order valence-corrected chi connectivity index (χ4v) is 2.32. The quantitative estimate of drug-likeness (QED) is 0.852. The molecule has 2 aromatic rings. The maximum atomic E-state index is 11.8. The van der Waals surface area contributed by atoms with Gasteiger partial charge in [0.05, 0.1) is 6.54 Å². The number of para-hydroxylation sites is 1. The molecule has 1 aliphatic carbocycles. The molecule has 1 fully saturated rings. The summed E-state index contributed by atoms with van der Waals surface area (Å²) >= 11 is 0. The van der Waals surface area contributed by atoms with Crippen molar-refractivity contribution >= 4 is 11.6 Å². The second-order valence-corrected chi connectivity index (χ2v) is 5.51. The molecule has 1 aliphatic rings. The molecule has 1 saturated carbocycles. The molecule has 2 N–H and O–H groups in total. The SMILES string of the molecule is O=C(CNc1ccccc1-c1ccccc1)NCC1CC1. The monoisotopic (exact) mass is 280 g/mol. The average Bonchev–Trinajstić information content (AvgIpc) is 3.36. The number of amides is 1. The summed E-state index contributed by atoms with van der Waals surface area (Å²) in [6, 6.07) is 18.3. The van der Waals surface area contributed by atoms with Crippen LogP contribution >= 0.6 is 0 Å². The maximum absolute atomic E-state index is 11.8. The molecule has 2 aromatic carbocycles. The van der Waals surface area contributed by atoms with E-state index in [1.807, 2.05) is 36.4 Å². The highest BCUT2D eigenvalue weighted by Crippen LogP contribution is 2.28. The van der Waals surface area contributed by atoms with Crippen molar-refractivity contribution in [2.75, 3.05) is 18.4 Å². The summed E-state index contributed by atoms with van der Waals surface area (Å²) < 4.78 is 0. The second kappa shape index (κ2) is 6.44. The highest BCUT2D eigenvalue weighted by Gasteiger charge is 2.21. The van der Waals surface area contributed by atoms with E-state index < -0.39 is 0 Å². The van der Waals surface area contributed by atoms with Crippen molar-refractivity contribution in [1.29, 1.82) is 0 Å². The van der Waals surface area contributed by atoms with E-state index in [1.54, 1.807) is 0 Å². The zero-order valence-corrected chi connectivity index (χ0v) is 12.0. The lowest BCUT2D eigenvalue weighted by Gasteiger charge is -2.12. The van der Waals surface area contributed by atoms with Gasteiger partial charge in [-0.1, -0.05) is 48.5 Å². The van der Waals surface area contributed by atoms with E-state index in [0.717, 1.165) is 23.4 Å². The van der Waals surface area contributed by atoms with Gasteiger partial charge in [0, 0.05) is 17.8 Å². The number of rotatable bonds is 6. The Morgan fingerprint density at radius 1 is 1.00 bits per heavy atom. The van der Waals surface area contributed by atoms with Crippen molar-refractivity contribution in [2.24, 2.45) is 5.92 Å². The van der Waals surface area contributed by atoms with E-state index in [2.05, 4.69) is 28.8 Å². The van der Waals surface area contributed by atoms with Gasteiger partial charge in [-0.15, -0.1) is 0 Å². The second-order valence-electron chi connectivity index (χ2n) is 5.51. The number of nitrogens with one attached hydrogen (secondary N) is 2. The summed E-state index contributed by atoms with van der Waals surface area (Å²) in [4.78, 5) is 11.8. The molecule has 0 spiro atoms. The number of carbonyl (C=O) groups is 1. The van der Waals surface area contributed by atoms with Gasteiger partial charge < -0.3 is 10.6 Å². The van der Waals surface area contributed by atoms with Crippen LogP contribution in [-0.4, -0.2) is 19.0 Å². The molecule has 0 radical (unpaired) electrons. The van der Waals surface area contributed by atoms with Gasteiger partial charge in [0.15, 0.2) is 0 Å². The molecular formula is C18H20N2O. The van der Waals surface area contributed by atoms with E-state index in [4.69, 9.17) is 0 Å². The summed E-state index contributed by atoms with van der Waals surface area (Å²) in [5, 5.41) is 6.22. The third-order valence-electron chi connectivity index (χ3n) is 3.74. The number of benzene rings is 2. The molecule has 3 nitrogen and oxygen atoms in total. The maximum Gasteiger partial charge on any atom is 0.239 e. The predicted octanol–water partition coefficient (Wildman–Crippen LogP) is 3.29. The standard InChI is InChI=1S/C18H20N2O/c21-18(20-12-14-10-11-14)13-19-17-9-5-4-8-16(17)15-6-2-1-3-7-15/h1-9,14,19H,10-13H2,(H,20,21). The van der Waals surface area contributed by atoms with Crippen LogP contribution in [-0.2, 0) is 4.79 Å². The Morgan fingerprint density at radius 2 is 1.71 bits per heavy atom. The highest BCUT2D eigenvalue weighted by atomic mass is 16.1. The number of hydrogen-bond donors (Lipinski definition) is 2. The van der Waals surface area contributed by atoms with E-state index in [-0.39, 0.29) is 5.91 Å². The van der Waals surface area contributed by atoms with Crippen LogP contribution in [0.5, 0.6) is 0 Å². The van der Waals surface area contributed by atoms with Crippen molar-refractivity contribution in [2.45, 2.75) is 12.8 Å². The number of hydrogen-bond acceptors (Lipinski definition) is 2. The smallest absolute Gasteiger partial charge is 0.239 e. The van der Waals surface area contributed by atoms with E-state index in [0.29, 0.717) is 12.5 Å². The fraction of sp³-hybridized carbons (Fsp3) is 0.278. The summed E-state index contributed by atoms with van der Waals surface area (Å²) in [7, 11) is 0. The Bertz CT molecular complexity index is 606. The van der Waals surface area contributed by atoms with E-state index in [9.17, 15) is 4.79 Å². The average molecular weight is 280 g/mol. The lowest BCUT2D eigenvalue weighted by atomic mass is 10.0. The van der Waals surface area contributed by atoms with Gasteiger partial charge >= 0.3 is 0 Å². The van der Waals surface area contributed by atoms with Crippen LogP contribution in [0, 0.1) is 5.92 Å². The molecule has 0 unspecified atom stereocenters. The van der Waals surface area contributed by atoms with Gasteiger partial charge in [0.25, 0.3) is 0 Å². The van der Waals surface area contributed by atoms with Gasteiger partial charge in [-0.25, -0.2) is 0 Å². The Labute approximate surface area is 125 Å². The van der Waals surface area contributed by atoms with E-state index in [1.165, 1.54) is 12.8 Å². The zero-order chi connectivity index (χ0) is 14.5. The Hall–Kier alpha value is -2.29. The molecule has 0 saturated heterocycles. The molecule has 3 rings (SSSR count). The molecular weight excluding hydrogens is 260 g/mol. The number of carbonyl (C=O) groups excluding carboxylic acids is 1. The number of anilines is 1. The molecule has 0 aliphatic heterocycles. The van der Waals surface area contributed by atoms with Gasteiger partial charge in [-0.2, -0.15) is 0 Å². The summed E-state index contributed by atoms with van der Waals surface area (Å²) in [5.74, 6) is 0.773. The summed E-state index contributed by atoms with van der Waals surface area (Å²) in [6.45, 7) is 1.14. The van der Waals surface area contributed by atoms with Crippen molar-refractivity contribution in [1.82, 2.24) is 5.32 Å². The molecule has 0 bridgehead atoms. The predicted molar refractivity (Wildman–Crippen MR) is 86.1 cm³/mol. The topological polar surface area (TPSA) is 41.1 Å². The van der Waals surface area contributed by atoms with Gasteiger partial charge in [0.2, 0.25) is 5.91 Å². The molecule has 21 heavy (non-hydrogen) atoms. The Morgan fingerprint density at radius 3 is 2.48 bits per heavy atom. The minimum absolute atomic E-state index is 0.0600. The molecule has 1 amide bonds. The minimum Gasteiger partial charge on any atom is -0.376 e. The van der Waals surface area contributed by atoms with Crippen molar-refractivity contribution < 1.29 is 4.79 Å². The first-order valence-electron chi connectivity index (χ1n) is 7.48. The molecule has 0 atom stereocenters. The van der Waals surface area contributed by atoms with Crippen LogP contribution in [0.3, 0.4) is 0 Å². The first kappa shape index (κ1) is 13.7. The van der Waals surface area contributed by atoms with Crippen LogP contribution < -0.4 is 10.6 Å². The lowest BCUT2D eigenvalue weighted by Crippen LogP contribution is -2.31. The van der Waals surface area contributed by atoms with Crippen LogP contribution in [0.15, 0.2) is 54.6 Å². The van der Waals surface area contributed by atoms with Crippen LogP contribution in [0.4, 0.5) is 5.69 Å². The molecule has 0 aromatic heterocycles. The third kappa shape index (κ3) is 3.85. The van der Waals surface area contributed by atoms with Crippen molar-refractivity contribution in [3.05, 3.63) is 54.6 Å². The van der Waals surface area contributed by atoms with Crippen molar-refractivity contribution in [3.63, 3.8) is 0 Å². The first-order valence-corrected chi connectivity index (χ1v) is 7.48. The van der Waals surface area contributed by atoms with E-state index >= 15 is 0 Å². The Balaban J connectivity index is 1.63. The van der Waals surface area contributed by atoms with Crippen LogP contribution in [0.25, 0.3) is 11.1 Å². The van der Waals surface area contributed by atoms with Crippen LogP contribution in [0.1, 0.15) is 12.8 Å². The normalized spacial score (nSPS) is 13.7. The fourth-order valence-electron chi connectivity index (χ4n) is 2.32. The van der Waals surface area contributed by atoms with Crippen LogP contribution in [0.2, 0.25) is 0 Å². The lowest BCUT2D eigenvalue weighted by molar-refractivity contribution is -0.119. The zero-order valence-electron chi connectivity index (χ0n) is 12.0. The summed E-state index contributed by atoms with van der Waals surface area (Å²) in [6.07, 6.45) is 2.51. The van der Waals surface area contributed by atoms with Gasteiger partial charge in [-0.05, 0) is 30.4 Å². The van der Waals surface area contributed by atoms with Crippen molar-refractivity contribution in [3.8, 4) is 11.1 Å². The molecule has 0 heterocycles. The highest BCUT2D eigenvalue weighted by molar-refractivity contribution is 5.84. The van der Waals surface area contributed by atoms with Gasteiger partial charge in [0.1, 0.15) is 0 Å². The third-order valence-corrected chi connectivity index (χ3v) is 3.74. The summed E-state index contributed by atoms with van der Waals surface area (Å²) in [5.41, 5.74) is 3.26. The molecule has 3 heteroatoms. The van der Waals surface area contributed by atoms with Gasteiger partial charge in [-0.3, -0.25) is 4.79 Å². The Kier molecular flexibility index (Phi) is 4.20. The first-order chi connectivity index (χ1) is 10.3.